The van der Waals surface area contributed by atoms with Crippen molar-refractivity contribution in [1.29, 1.82) is 0 Å². The van der Waals surface area contributed by atoms with E-state index >= 15 is 0 Å². The molecule has 0 radical (unpaired) electrons. The second kappa shape index (κ2) is 8.16. The van der Waals surface area contributed by atoms with Gasteiger partial charge in [-0.1, -0.05) is 0 Å². The van der Waals surface area contributed by atoms with Gasteiger partial charge in [0.2, 0.25) is 0 Å². The highest BCUT2D eigenvalue weighted by Crippen LogP contribution is 2.32. The minimum absolute atomic E-state index is 0.0693. The first kappa shape index (κ1) is 19.2. The van der Waals surface area contributed by atoms with E-state index in [4.69, 9.17) is 4.74 Å². The molecule has 9 heteroatoms. The van der Waals surface area contributed by atoms with Gasteiger partial charge in [-0.15, -0.1) is 10.2 Å². The van der Waals surface area contributed by atoms with Crippen molar-refractivity contribution in [2.24, 2.45) is 5.92 Å². The molecule has 5 heterocycles. The lowest BCUT2D eigenvalue weighted by Gasteiger charge is -2.37. The predicted octanol–water partition coefficient (Wildman–Crippen LogP) is 0.899. The highest BCUT2D eigenvalue weighted by Gasteiger charge is 2.31. The molecule has 3 aromatic heterocycles. The Morgan fingerprint density at radius 1 is 1.23 bits per heavy atom. The Balaban J connectivity index is 1.40. The quantitative estimate of drug-likeness (QED) is 0.623. The normalized spacial score (nSPS) is 20.3. The number of hydrogen-bond acceptors (Lipinski definition) is 6. The van der Waals surface area contributed by atoms with Crippen molar-refractivity contribution in [1.82, 2.24) is 34.2 Å². The van der Waals surface area contributed by atoms with Crippen LogP contribution in [0.4, 0.5) is 0 Å². The van der Waals surface area contributed by atoms with Crippen LogP contribution in [0.15, 0.2) is 35.6 Å². The standard InChI is InChI=1S/C21H27N7O2/c1-30-9-8-27-14-24-25-19(27)4-6-26-7-5-23-20(26)17-2-3-18-16-10-15(11-22-12-16)13-28(18)21(17)29/h2-3,5,7,14-16,22H,4,6,8-13H2,1H3/t15-,16+/m0/s1. The van der Waals surface area contributed by atoms with Crippen LogP contribution in [-0.4, -0.2) is 55.7 Å². The van der Waals surface area contributed by atoms with Gasteiger partial charge < -0.3 is 23.8 Å². The summed E-state index contributed by atoms with van der Waals surface area (Å²) in [6, 6.07) is 4.06. The number of ether oxygens (including phenoxy) is 1. The fourth-order valence-electron chi connectivity index (χ4n) is 4.76. The van der Waals surface area contributed by atoms with Gasteiger partial charge in [-0.3, -0.25) is 4.79 Å². The van der Waals surface area contributed by atoms with Crippen molar-refractivity contribution < 1.29 is 4.74 Å². The molecule has 30 heavy (non-hydrogen) atoms. The van der Waals surface area contributed by atoms with E-state index in [1.165, 1.54) is 6.42 Å². The third-order valence-corrected chi connectivity index (χ3v) is 6.27. The van der Waals surface area contributed by atoms with Crippen LogP contribution >= 0.6 is 0 Å². The van der Waals surface area contributed by atoms with Crippen LogP contribution in [0.1, 0.15) is 23.9 Å². The van der Waals surface area contributed by atoms with Gasteiger partial charge in [0.05, 0.1) is 12.2 Å². The van der Waals surface area contributed by atoms with Crippen LogP contribution in [0.25, 0.3) is 11.4 Å². The number of rotatable bonds is 7. The van der Waals surface area contributed by atoms with Gasteiger partial charge in [-0.2, -0.15) is 0 Å². The number of aromatic nitrogens is 6. The van der Waals surface area contributed by atoms with Gasteiger partial charge in [0.15, 0.2) is 0 Å². The molecule has 1 fully saturated rings. The first-order valence-electron chi connectivity index (χ1n) is 10.6. The highest BCUT2D eigenvalue weighted by atomic mass is 16.5. The van der Waals surface area contributed by atoms with Crippen molar-refractivity contribution in [2.75, 3.05) is 26.8 Å². The Bertz CT molecular complexity index is 1080. The summed E-state index contributed by atoms with van der Waals surface area (Å²) in [5.74, 6) is 2.57. The first-order valence-corrected chi connectivity index (χ1v) is 10.6. The van der Waals surface area contributed by atoms with E-state index in [2.05, 4.69) is 26.6 Å². The maximum absolute atomic E-state index is 13.3. The van der Waals surface area contributed by atoms with Crippen LogP contribution < -0.4 is 10.9 Å². The van der Waals surface area contributed by atoms with Crippen molar-refractivity contribution >= 4 is 0 Å². The summed E-state index contributed by atoms with van der Waals surface area (Å²) in [7, 11) is 1.68. The molecule has 2 aliphatic rings. The molecule has 2 bridgehead atoms. The minimum atomic E-state index is 0.0693. The lowest BCUT2D eigenvalue weighted by Crippen LogP contribution is -2.45. The monoisotopic (exact) mass is 409 g/mol. The van der Waals surface area contributed by atoms with Crippen LogP contribution in [0.2, 0.25) is 0 Å². The summed E-state index contributed by atoms with van der Waals surface area (Å²) in [5, 5.41) is 11.7. The third-order valence-electron chi connectivity index (χ3n) is 6.27. The fraction of sp³-hybridized carbons (Fsp3) is 0.524. The molecule has 0 unspecified atom stereocenters. The van der Waals surface area contributed by atoms with Gasteiger partial charge in [0.25, 0.3) is 5.56 Å². The number of fused-ring (bicyclic) bond motifs is 4. The van der Waals surface area contributed by atoms with Gasteiger partial charge >= 0.3 is 0 Å². The Labute approximate surface area is 174 Å². The van der Waals surface area contributed by atoms with Gasteiger partial charge in [0.1, 0.15) is 18.0 Å². The molecule has 0 amide bonds. The number of nitrogens with zero attached hydrogens (tertiary/aromatic N) is 6. The number of nitrogens with one attached hydrogen (secondary N) is 1. The average Bonchev–Trinajstić information content (AvgIpc) is 3.41. The number of hydrogen-bond donors (Lipinski definition) is 1. The van der Waals surface area contributed by atoms with E-state index in [-0.39, 0.29) is 5.56 Å². The zero-order valence-electron chi connectivity index (χ0n) is 17.2. The van der Waals surface area contributed by atoms with Crippen molar-refractivity contribution in [2.45, 2.75) is 38.4 Å². The average molecular weight is 409 g/mol. The molecule has 0 aliphatic carbocycles. The van der Waals surface area contributed by atoms with E-state index in [1.54, 1.807) is 19.6 Å². The Kier molecular flexibility index (Phi) is 5.22. The zero-order valence-corrected chi connectivity index (χ0v) is 17.2. The molecule has 0 saturated carbocycles. The summed E-state index contributed by atoms with van der Waals surface area (Å²) in [6.45, 7) is 4.74. The first-order chi connectivity index (χ1) is 14.7. The number of pyridine rings is 1. The third kappa shape index (κ3) is 3.48. The topological polar surface area (TPSA) is 91.8 Å². The Morgan fingerprint density at radius 2 is 2.17 bits per heavy atom. The summed E-state index contributed by atoms with van der Waals surface area (Å²) in [4.78, 5) is 17.9. The predicted molar refractivity (Wildman–Crippen MR) is 111 cm³/mol. The Morgan fingerprint density at radius 3 is 3.07 bits per heavy atom. The number of methoxy groups -OCH3 is 1. The molecular weight excluding hydrogens is 382 g/mol. The van der Waals surface area contributed by atoms with E-state index < -0.39 is 0 Å². The molecule has 1 N–H and O–H groups in total. The molecule has 9 nitrogen and oxygen atoms in total. The maximum atomic E-state index is 13.3. The molecule has 158 valence electrons. The van der Waals surface area contributed by atoms with E-state index in [1.807, 2.05) is 26.0 Å². The second-order valence-corrected chi connectivity index (χ2v) is 8.17. The van der Waals surface area contributed by atoms with E-state index in [0.717, 1.165) is 37.7 Å². The zero-order chi connectivity index (χ0) is 20.5. The largest absolute Gasteiger partial charge is 0.383 e. The van der Waals surface area contributed by atoms with Crippen LogP contribution in [-0.2, 0) is 30.8 Å². The highest BCUT2D eigenvalue weighted by molar-refractivity contribution is 5.54. The van der Waals surface area contributed by atoms with Crippen LogP contribution in [0.3, 0.4) is 0 Å². The van der Waals surface area contributed by atoms with Crippen molar-refractivity contribution in [3.63, 3.8) is 0 Å². The lowest BCUT2D eigenvalue weighted by atomic mass is 9.84. The van der Waals surface area contributed by atoms with E-state index in [9.17, 15) is 4.79 Å². The molecule has 0 spiro atoms. The van der Waals surface area contributed by atoms with Gasteiger partial charge in [-0.25, -0.2) is 4.98 Å². The number of aryl methyl sites for hydroxylation is 2. The molecule has 3 aromatic rings. The molecule has 2 aliphatic heterocycles. The smallest absolute Gasteiger partial charge is 0.261 e. The lowest BCUT2D eigenvalue weighted by molar-refractivity contribution is 0.186. The fourth-order valence-corrected chi connectivity index (χ4v) is 4.76. The molecule has 1 saturated heterocycles. The van der Waals surface area contributed by atoms with Gasteiger partial charge in [0, 0.05) is 63.7 Å². The van der Waals surface area contributed by atoms with Crippen molar-refractivity contribution in [3.05, 3.63) is 52.7 Å². The van der Waals surface area contributed by atoms with Crippen LogP contribution in [0, 0.1) is 5.92 Å². The summed E-state index contributed by atoms with van der Waals surface area (Å²) < 4.78 is 11.2. The van der Waals surface area contributed by atoms with Gasteiger partial charge in [-0.05, 0) is 31.0 Å². The summed E-state index contributed by atoms with van der Waals surface area (Å²) in [6.07, 6.45) is 7.28. The second-order valence-electron chi connectivity index (χ2n) is 8.17. The molecule has 2 atom stereocenters. The molecule has 5 rings (SSSR count). The Hall–Kier alpha value is -2.78. The molecule has 0 aromatic carbocycles. The maximum Gasteiger partial charge on any atom is 0.261 e. The number of imidazole rings is 1. The summed E-state index contributed by atoms with van der Waals surface area (Å²) in [5.41, 5.74) is 1.88. The van der Waals surface area contributed by atoms with Crippen molar-refractivity contribution in [3.8, 4) is 11.4 Å². The summed E-state index contributed by atoms with van der Waals surface area (Å²) >= 11 is 0. The van der Waals surface area contributed by atoms with Crippen LogP contribution in [0.5, 0.6) is 0 Å². The van der Waals surface area contributed by atoms with E-state index in [0.29, 0.717) is 42.8 Å². The minimum Gasteiger partial charge on any atom is -0.383 e. The SMILES string of the molecule is COCCn1cnnc1CCn1ccnc1-c1ccc2n(c1=O)C[C@@H]1CNC[C@H]2C1. The molecular formula is C21H27N7O2. The number of piperidine rings is 1.